The molecule has 0 radical (unpaired) electrons. The smallest absolute Gasteiger partial charge is 0.269 e. The van der Waals surface area contributed by atoms with Crippen LogP contribution in [0.25, 0.3) is 0 Å². The van der Waals surface area contributed by atoms with E-state index in [2.05, 4.69) is 20.9 Å². The molecule has 1 unspecified atom stereocenters. The van der Waals surface area contributed by atoms with Gasteiger partial charge in [-0.3, -0.25) is 9.78 Å². The lowest BCUT2D eigenvalue weighted by Gasteiger charge is -2.48. The van der Waals surface area contributed by atoms with Crippen LogP contribution in [0.5, 0.6) is 0 Å². The van der Waals surface area contributed by atoms with Crippen molar-refractivity contribution in [1.29, 1.82) is 0 Å². The van der Waals surface area contributed by atoms with E-state index in [0.29, 0.717) is 17.3 Å². The number of rotatable bonds is 3. The lowest BCUT2D eigenvalue weighted by atomic mass is 9.70. The molecule has 5 heteroatoms. The Morgan fingerprint density at radius 2 is 2.35 bits per heavy atom. The van der Waals surface area contributed by atoms with Gasteiger partial charge in [0.1, 0.15) is 5.69 Å². The van der Waals surface area contributed by atoms with Crippen LogP contribution in [-0.4, -0.2) is 36.1 Å². The summed E-state index contributed by atoms with van der Waals surface area (Å²) < 4.78 is 0. The van der Waals surface area contributed by atoms with Crippen molar-refractivity contribution in [2.75, 3.05) is 18.9 Å². The van der Waals surface area contributed by atoms with Gasteiger partial charge < -0.3 is 16.0 Å². The minimum Gasteiger partial charge on any atom is -0.382 e. The number of nitrogens with zero attached hydrogens (tertiary/aromatic N) is 1. The van der Waals surface area contributed by atoms with E-state index in [0.717, 1.165) is 18.7 Å². The van der Waals surface area contributed by atoms with Crippen molar-refractivity contribution in [2.24, 2.45) is 0 Å². The Labute approximate surface area is 119 Å². The number of piperidine rings is 1. The van der Waals surface area contributed by atoms with E-state index in [1.165, 1.54) is 25.7 Å². The second kappa shape index (κ2) is 5.40. The van der Waals surface area contributed by atoms with Gasteiger partial charge in [0.05, 0.1) is 0 Å². The molecule has 1 atom stereocenters. The van der Waals surface area contributed by atoms with Gasteiger partial charge >= 0.3 is 0 Å². The third kappa shape index (κ3) is 2.63. The van der Waals surface area contributed by atoms with Crippen molar-refractivity contribution in [3.63, 3.8) is 0 Å². The summed E-state index contributed by atoms with van der Waals surface area (Å²) >= 11 is 0. The lowest BCUT2D eigenvalue weighted by molar-refractivity contribution is 0.0958. The predicted octanol–water partition coefficient (Wildman–Crippen LogP) is 1.53. The maximum atomic E-state index is 11.6. The van der Waals surface area contributed by atoms with Crippen LogP contribution in [0.1, 0.15) is 42.6 Å². The monoisotopic (exact) mass is 274 g/mol. The van der Waals surface area contributed by atoms with E-state index in [-0.39, 0.29) is 5.91 Å². The molecule has 0 bridgehead atoms. The molecule has 2 aliphatic rings. The topological polar surface area (TPSA) is 66.1 Å². The number of carbonyl (C=O) groups excluding carboxylic acids is 1. The quantitative estimate of drug-likeness (QED) is 0.782. The Kier molecular flexibility index (Phi) is 3.61. The first-order valence-electron chi connectivity index (χ1n) is 7.40. The van der Waals surface area contributed by atoms with Crippen LogP contribution < -0.4 is 16.0 Å². The fraction of sp³-hybridized carbons (Fsp3) is 0.600. The molecule has 5 nitrogen and oxygen atoms in total. The molecule has 0 aromatic carbocycles. The average Bonchev–Trinajstić information content (AvgIpc) is 2.45. The minimum atomic E-state index is -0.144. The Hall–Kier alpha value is -1.62. The Morgan fingerprint density at radius 3 is 3.05 bits per heavy atom. The molecule has 1 aliphatic heterocycles. The standard InChI is InChI=1S/C15H22N4O/c1-16-14(20)13-9-11(3-7-17-13)19-12-4-8-18-15(10-12)5-2-6-15/h3,7,9,12,18H,2,4-6,8,10H2,1H3,(H,16,20)(H,17,19). The number of hydrogen-bond acceptors (Lipinski definition) is 4. The highest BCUT2D eigenvalue weighted by Gasteiger charge is 2.40. The molecular weight excluding hydrogens is 252 g/mol. The van der Waals surface area contributed by atoms with Crippen molar-refractivity contribution in [2.45, 2.75) is 43.7 Å². The number of aromatic nitrogens is 1. The molecule has 1 amide bonds. The molecule has 1 spiro atoms. The third-order valence-corrected chi connectivity index (χ3v) is 4.53. The van der Waals surface area contributed by atoms with Gasteiger partial charge in [0, 0.05) is 30.5 Å². The summed E-state index contributed by atoms with van der Waals surface area (Å²) in [6, 6.07) is 4.24. The van der Waals surface area contributed by atoms with Crippen molar-refractivity contribution in [1.82, 2.24) is 15.6 Å². The first kappa shape index (κ1) is 13.4. The molecule has 3 rings (SSSR count). The zero-order valence-corrected chi connectivity index (χ0v) is 11.9. The highest BCUT2D eigenvalue weighted by atomic mass is 16.1. The maximum Gasteiger partial charge on any atom is 0.269 e. The second-order valence-electron chi connectivity index (χ2n) is 5.90. The first-order valence-corrected chi connectivity index (χ1v) is 7.40. The molecule has 108 valence electrons. The summed E-state index contributed by atoms with van der Waals surface area (Å²) in [6.45, 7) is 1.07. The molecule has 1 aromatic heterocycles. The van der Waals surface area contributed by atoms with E-state index in [4.69, 9.17) is 0 Å². The van der Waals surface area contributed by atoms with E-state index in [9.17, 15) is 4.79 Å². The molecule has 1 saturated heterocycles. The van der Waals surface area contributed by atoms with Gasteiger partial charge in [-0.1, -0.05) is 0 Å². The summed E-state index contributed by atoms with van der Waals surface area (Å²) in [7, 11) is 1.62. The number of nitrogens with one attached hydrogen (secondary N) is 3. The van der Waals surface area contributed by atoms with Crippen molar-refractivity contribution in [3.8, 4) is 0 Å². The van der Waals surface area contributed by atoms with Gasteiger partial charge in [-0.25, -0.2) is 0 Å². The van der Waals surface area contributed by atoms with E-state index >= 15 is 0 Å². The highest BCUT2D eigenvalue weighted by molar-refractivity contribution is 5.92. The van der Waals surface area contributed by atoms with E-state index in [1.807, 2.05) is 12.1 Å². The molecule has 3 N–H and O–H groups in total. The van der Waals surface area contributed by atoms with E-state index in [1.54, 1.807) is 13.2 Å². The second-order valence-corrected chi connectivity index (χ2v) is 5.90. The number of hydrogen-bond donors (Lipinski definition) is 3. The van der Waals surface area contributed by atoms with Gasteiger partial charge in [0.25, 0.3) is 5.91 Å². The number of pyridine rings is 1. The molecular formula is C15H22N4O. The Balaban J connectivity index is 1.66. The predicted molar refractivity (Wildman–Crippen MR) is 78.9 cm³/mol. The van der Waals surface area contributed by atoms with Crippen LogP contribution in [0.3, 0.4) is 0 Å². The number of carbonyl (C=O) groups is 1. The molecule has 2 heterocycles. The number of amides is 1. The minimum absolute atomic E-state index is 0.144. The van der Waals surface area contributed by atoms with Gasteiger partial charge in [0.2, 0.25) is 0 Å². The summed E-state index contributed by atoms with van der Waals surface area (Å²) in [5, 5.41) is 9.84. The van der Waals surface area contributed by atoms with Gasteiger partial charge in [-0.15, -0.1) is 0 Å². The zero-order chi connectivity index (χ0) is 14.0. The zero-order valence-electron chi connectivity index (χ0n) is 11.9. The summed E-state index contributed by atoms with van der Waals surface area (Å²) in [5.41, 5.74) is 1.83. The average molecular weight is 274 g/mol. The Morgan fingerprint density at radius 1 is 1.50 bits per heavy atom. The van der Waals surface area contributed by atoms with Crippen molar-refractivity contribution >= 4 is 11.6 Å². The first-order chi connectivity index (χ1) is 9.71. The number of anilines is 1. The Bertz CT molecular complexity index is 498. The largest absolute Gasteiger partial charge is 0.382 e. The molecule has 1 saturated carbocycles. The summed E-state index contributed by atoms with van der Waals surface area (Å²) in [6.07, 6.45) is 7.92. The molecule has 20 heavy (non-hydrogen) atoms. The van der Waals surface area contributed by atoms with Crippen molar-refractivity contribution in [3.05, 3.63) is 24.0 Å². The highest BCUT2D eigenvalue weighted by Crippen LogP contribution is 2.38. The molecule has 1 aliphatic carbocycles. The van der Waals surface area contributed by atoms with Gasteiger partial charge in [0.15, 0.2) is 0 Å². The van der Waals surface area contributed by atoms with Crippen LogP contribution in [0.15, 0.2) is 18.3 Å². The van der Waals surface area contributed by atoms with E-state index < -0.39 is 0 Å². The SMILES string of the molecule is CNC(=O)c1cc(NC2CCNC3(CCC3)C2)ccn1. The molecule has 2 fully saturated rings. The van der Waals surface area contributed by atoms with Crippen LogP contribution >= 0.6 is 0 Å². The van der Waals surface area contributed by atoms with Crippen LogP contribution in [0, 0.1) is 0 Å². The van der Waals surface area contributed by atoms with Crippen LogP contribution in [-0.2, 0) is 0 Å². The third-order valence-electron chi connectivity index (χ3n) is 4.53. The van der Waals surface area contributed by atoms with Crippen LogP contribution in [0.4, 0.5) is 5.69 Å². The van der Waals surface area contributed by atoms with Gasteiger partial charge in [-0.05, 0) is 50.8 Å². The lowest BCUT2D eigenvalue weighted by Crippen LogP contribution is -2.58. The normalized spacial score (nSPS) is 23.9. The molecule has 1 aromatic rings. The summed E-state index contributed by atoms with van der Waals surface area (Å²) in [5.74, 6) is -0.144. The maximum absolute atomic E-state index is 11.6. The van der Waals surface area contributed by atoms with Gasteiger partial charge in [-0.2, -0.15) is 0 Å². The fourth-order valence-corrected chi connectivity index (χ4v) is 3.27. The summed E-state index contributed by atoms with van der Waals surface area (Å²) in [4.78, 5) is 15.7. The van der Waals surface area contributed by atoms with Crippen LogP contribution in [0.2, 0.25) is 0 Å². The van der Waals surface area contributed by atoms with Crippen molar-refractivity contribution < 1.29 is 4.79 Å². The fourth-order valence-electron chi connectivity index (χ4n) is 3.27.